The van der Waals surface area contributed by atoms with E-state index in [0.717, 1.165) is 22.3 Å². The summed E-state index contributed by atoms with van der Waals surface area (Å²) in [4.78, 5) is 4.72. The van der Waals surface area contributed by atoms with Crippen molar-refractivity contribution in [2.75, 3.05) is 0 Å². The predicted molar refractivity (Wildman–Crippen MR) is 99.0 cm³/mol. The van der Waals surface area contributed by atoms with Crippen molar-refractivity contribution in [3.8, 4) is 10.6 Å². The third kappa shape index (κ3) is 4.20. The van der Waals surface area contributed by atoms with Crippen LogP contribution in [0.25, 0.3) is 10.6 Å². The summed E-state index contributed by atoms with van der Waals surface area (Å²) in [6.07, 6.45) is 0. The molecule has 1 atom stereocenters. The highest BCUT2D eigenvalue weighted by molar-refractivity contribution is 7.13. The molecule has 0 fully saturated rings. The number of halogens is 1. The summed E-state index contributed by atoms with van der Waals surface area (Å²) in [5.74, 6) is 0. The fourth-order valence-corrected chi connectivity index (χ4v) is 3.30. The van der Waals surface area contributed by atoms with Gasteiger partial charge < -0.3 is 5.32 Å². The van der Waals surface area contributed by atoms with E-state index in [0.29, 0.717) is 0 Å². The molecular weight excluding hydrogens is 324 g/mol. The van der Waals surface area contributed by atoms with E-state index in [9.17, 15) is 0 Å². The van der Waals surface area contributed by atoms with Gasteiger partial charge in [-0.1, -0.05) is 53.6 Å². The Morgan fingerprint density at radius 2 is 1.78 bits per heavy atom. The van der Waals surface area contributed by atoms with E-state index in [1.165, 1.54) is 16.7 Å². The largest absolute Gasteiger partial charge is 0.305 e. The van der Waals surface area contributed by atoms with E-state index in [1.54, 1.807) is 11.3 Å². The van der Waals surface area contributed by atoms with E-state index >= 15 is 0 Å². The molecule has 2 aromatic carbocycles. The topological polar surface area (TPSA) is 24.9 Å². The van der Waals surface area contributed by atoms with Crippen LogP contribution in [-0.4, -0.2) is 4.98 Å². The highest BCUT2D eigenvalue weighted by atomic mass is 35.5. The quantitative estimate of drug-likeness (QED) is 0.650. The van der Waals surface area contributed by atoms with Crippen LogP contribution in [0.15, 0.2) is 53.9 Å². The summed E-state index contributed by atoms with van der Waals surface area (Å²) in [6, 6.07) is 16.7. The monoisotopic (exact) mass is 342 g/mol. The lowest BCUT2D eigenvalue weighted by molar-refractivity contribution is 0.569. The first-order valence-corrected chi connectivity index (χ1v) is 8.88. The SMILES string of the molecule is Cc1ccc(-c2nc(CNC(C)c3ccc(Cl)cc3)cs2)cc1. The van der Waals surface area contributed by atoms with Crippen LogP contribution in [-0.2, 0) is 6.54 Å². The number of thiazole rings is 1. The molecule has 4 heteroatoms. The van der Waals surface area contributed by atoms with Crippen molar-refractivity contribution in [1.29, 1.82) is 0 Å². The minimum Gasteiger partial charge on any atom is -0.305 e. The van der Waals surface area contributed by atoms with Crippen LogP contribution in [0.1, 0.15) is 29.8 Å². The average Bonchev–Trinajstić information content (AvgIpc) is 3.03. The van der Waals surface area contributed by atoms with Gasteiger partial charge in [-0.2, -0.15) is 0 Å². The van der Waals surface area contributed by atoms with Crippen LogP contribution in [0.4, 0.5) is 0 Å². The van der Waals surface area contributed by atoms with Gasteiger partial charge in [-0.15, -0.1) is 11.3 Å². The highest BCUT2D eigenvalue weighted by Gasteiger charge is 2.08. The zero-order valence-corrected chi connectivity index (χ0v) is 14.8. The number of benzene rings is 2. The van der Waals surface area contributed by atoms with Crippen LogP contribution in [0.2, 0.25) is 5.02 Å². The molecule has 0 radical (unpaired) electrons. The Balaban J connectivity index is 1.63. The second-order valence-corrected chi connectivity index (χ2v) is 6.96. The Labute approximate surface area is 146 Å². The fraction of sp³-hybridized carbons (Fsp3) is 0.211. The zero-order chi connectivity index (χ0) is 16.2. The first-order valence-electron chi connectivity index (χ1n) is 7.62. The molecule has 1 aromatic heterocycles. The molecule has 118 valence electrons. The molecule has 3 aromatic rings. The lowest BCUT2D eigenvalue weighted by Crippen LogP contribution is -2.18. The van der Waals surface area contributed by atoms with Crippen molar-refractivity contribution >= 4 is 22.9 Å². The van der Waals surface area contributed by atoms with Crippen LogP contribution in [0.5, 0.6) is 0 Å². The van der Waals surface area contributed by atoms with Gasteiger partial charge in [-0.05, 0) is 31.5 Å². The normalized spacial score (nSPS) is 12.3. The zero-order valence-electron chi connectivity index (χ0n) is 13.2. The first kappa shape index (κ1) is 16.2. The maximum atomic E-state index is 5.93. The molecule has 2 nitrogen and oxygen atoms in total. The van der Waals surface area contributed by atoms with Gasteiger partial charge in [0.05, 0.1) is 5.69 Å². The first-order chi connectivity index (χ1) is 11.1. The molecule has 0 aliphatic rings. The molecule has 1 unspecified atom stereocenters. The number of rotatable bonds is 5. The molecular formula is C19H19ClN2S. The fourth-order valence-electron chi connectivity index (χ4n) is 2.34. The standard InChI is InChI=1S/C19H19ClN2S/c1-13-3-5-16(6-4-13)19-22-18(12-23-19)11-21-14(2)15-7-9-17(20)10-8-15/h3-10,12,14,21H,11H2,1-2H3. The Morgan fingerprint density at radius 3 is 2.48 bits per heavy atom. The summed E-state index contributed by atoms with van der Waals surface area (Å²) in [5.41, 5.74) is 4.75. The number of nitrogens with one attached hydrogen (secondary N) is 1. The third-order valence-electron chi connectivity index (χ3n) is 3.81. The second-order valence-electron chi connectivity index (χ2n) is 5.66. The van der Waals surface area contributed by atoms with Crippen LogP contribution in [0.3, 0.4) is 0 Å². The summed E-state index contributed by atoms with van der Waals surface area (Å²) < 4.78 is 0. The van der Waals surface area contributed by atoms with Gasteiger partial charge in [0, 0.05) is 28.6 Å². The number of nitrogens with zero attached hydrogens (tertiary/aromatic N) is 1. The van der Waals surface area contributed by atoms with Gasteiger partial charge >= 0.3 is 0 Å². The van der Waals surface area contributed by atoms with Crippen molar-refractivity contribution in [1.82, 2.24) is 10.3 Å². The maximum absolute atomic E-state index is 5.93. The summed E-state index contributed by atoms with van der Waals surface area (Å²) in [5, 5.41) is 7.47. The average molecular weight is 343 g/mol. The Hall–Kier alpha value is -1.68. The predicted octanol–water partition coefficient (Wildman–Crippen LogP) is 5.62. The third-order valence-corrected chi connectivity index (χ3v) is 5.00. The molecule has 1 N–H and O–H groups in total. The molecule has 0 aliphatic heterocycles. The van der Waals surface area contributed by atoms with Crippen molar-refractivity contribution in [2.24, 2.45) is 0 Å². The number of aryl methyl sites for hydroxylation is 1. The van der Waals surface area contributed by atoms with E-state index in [1.807, 2.05) is 12.1 Å². The minimum atomic E-state index is 0.261. The van der Waals surface area contributed by atoms with E-state index < -0.39 is 0 Å². The molecule has 0 bridgehead atoms. The second kappa shape index (κ2) is 7.26. The molecule has 1 heterocycles. The minimum absolute atomic E-state index is 0.261. The van der Waals surface area contributed by atoms with Crippen LogP contribution < -0.4 is 5.32 Å². The van der Waals surface area contributed by atoms with Gasteiger partial charge in [-0.25, -0.2) is 4.98 Å². The molecule has 0 saturated carbocycles. The van der Waals surface area contributed by atoms with Gasteiger partial charge in [0.15, 0.2) is 0 Å². The van der Waals surface area contributed by atoms with Crippen LogP contribution in [0, 0.1) is 6.92 Å². The molecule has 0 aliphatic carbocycles. The molecule has 3 rings (SSSR count). The Bertz CT molecular complexity index is 763. The molecule has 0 spiro atoms. The summed E-state index contributed by atoms with van der Waals surface area (Å²) in [6.45, 7) is 5.00. The Kier molecular flexibility index (Phi) is 5.11. The lowest BCUT2D eigenvalue weighted by atomic mass is 10.1. The number of aromatic nitrogens is 1. The maximum Gasteiger partial charge on any atom is 0.123 e. The van der Waals surface area contributed by atoms with Crippen molar-refractivity contribution < 1.29 is 0 Å². The summed E-state index contributed by atoms with van der Waals surface area (Å²) in [7, 11) is 0. The van der Waals surface area contributed by atoms with E-state index in [2.05, 4.69) is 60.9 Å². The van der Waals surface area contributed by atoms with E-state index in [-0.39, 0.29) is 6.04 Å². The number of hydrogen-bond acceptors (Lipinski definition) is 3. The van der Waals surface area contributed by atoms with Gasteiger partial charge in [0.1, 0.15) is 5.01 Å². The molecule has 0 amide bonds. The summed E-state index contributed by atoms with van der Waals surface area (Å²) >= 11 is 7.62. The van der Waals surface area contributed by atoms with E-state index in [4.69, 9.17) is 16.6 Å². The highest BCUT2D eigenvalue weighted by Crippen LogP contribution is 2.24. The number of hydrogen-bond donors (Lipinski definition) is 1. The lowest BCUT2D eigenvalue weighted by Gasteiger charge is -2.13. The van der Waals surface area contributed by atoms with Crippen molar-refractivity contribution in [3.63, 3.8) is 0 Å². The Morgan fingerprint density at radius 1 is 1.09 bits per heavy atom. The van der Waals surface area contributed by atoms with Crippen molar-refractivity contribution in [2.45, 2.75) is 26.4 Å². The van der Waals surface area contributed by atoms with Crippen LogP contribution >= 0.6 is 22.9 Å². The van der Waals surface area contributed by atoms with Gasteiger partial charge in [0.2, 0.25) is 0 Å². The molecule has 23 heavy (non-hydrogen) atoms. The van der Waals surface area contributed by atoms with Crippen molar-refractivity contribution in [3.05, 3.63) is 75.8 Å². The van der Waals surface area contributed by atoms with Gasteiger partial charge in [-0.3, -0.25) is 0 Å². The smallest absolute Gasteiger partial charge is 0.123 e. The molecule has 0 saturated heterocycles. The van der Waals surface area contributed by atoms with Gasteiger partial charge in [0.25, 0.3) is 0 Å².